The Labute approximate surface area is 140 Å². The van der Waals surface area contributed by atoms with Gasteiger partial charge < -0.3 is 5.32 Å². The van der Waals surface area contributed by atoms with Crippen LogP contribution < -0.4 is 5.32 Å². The summed E-state index contributed by atoms with van der Waals surface area (Å²) >= 11 is 4.19. The average Bonchev–Trinajstić information content (AvgIpc) is 3.02. The molecule has 0 saturated heterocycles. The zero-order valence-corrected chi connectivity index (χ0v) is 13.8. The lowest BCUT2D eigenvalue weighted by atomic mass is 10.1. The molecule has 0 atom stereocenters. The maximum absolute atomic E-state index is 12.3. The number of nitrogens with one attached hydrogen (secondary N) is 2. The first kappa shape index (κ1) is 15.8. The SMILES string of the molecule is O=C(NCCCCCCS)c1n[nH]c2c1ccc1ccncc12. The number of amides is 1. The molecule has 0 saturated carbocycles. The first-order valence-corrected chi connectivity index (χ1v) is 8.54. The molecule has 2 aromatic heterocycles. The predicted molar refractivity (Wildman–Crippen MR) is 96.0 cm³/mol. The first-order chi connectivity index (χ1) is 11.3. The van der Waals surface area contributed by atoms with Gasteiger partial charge in [-0.2, -0.15) is 17.7 Å². The largest absolute Gasteiger partial charge is 0.351 e. The minimum Gasteiger partial charge on any atom is -0.351 e. The second-order valence-corrected chi connectivity index (χ2v) is 6.00. The Morgan fingerprint density at radius 3 is 2.87 bits per heavy atom. The Bertz CT molecular complexity index is 815. The topological polar surface area (TPSA) is 70.7 Å². The van der Waals surface area contributed by atoms with Crippen molar-refractivity contribution >= 4 is 40.2 Å². The number of aromatic amines is 1. The van der Waals surface area contributed by atoms with Gasteiger partial charge in [-0.25, -0.2) is 0 Å². The van der Waals surface area contributed by atoms with Gasteiger partial charge in [-0.3, -0.25) is 14.9 Å². The smallest absolute Gasteiger partial charge is 0.272 e. The lowest BCUT2D eigenvalue weighted by Gasteiger charge is -2.03. The van der Waals surface area contributed by atoms with Crippen LogP contribution in [0.1, 0.15) is 36.2 Å². The van der Waals surface area contributed by atoms with Crippen LogP contribution in [0, 0.1) is 0 Å². The Balaban J connectivity index is 1.70. The van der Waals surface area contributed by atoms with Crippen LogP contribution in [0.25, 0.3) is 21.7 Å². The molecule has 0 aliphatic carbocycles. The lowest BCUT2D eigenvalue weighted by molar-refractivity contribution is 0.0949. The highest BCUT2D eigenvalue weighted by atomic mass is 32.1. The number of fused-ring (bicyclic) bond motifs is 3. The third-order valence-corrected chi connectivity index (χ3v) is 4.26. The van der Waals surface area contributed by atoms with Gasteiger partial charge in [0, 0.05) is 29.7 Å². The molecule has 0 radical (unpaired) electrons. The standard InChI is InChI=1S/C17H20N4OS/c22-17(19-8-3-1-2-4-10-23)16-13-6-5-12-7-9-18-11-14(12)15(13)20-21-16/h5-7,9,11,23H,1-4,8,10H2,(H,19,22)(H,20,21). The van der Waals surface area contributed by atoms with Crippen LogP contribution in [0.2, 0.25) is 0 Å². The predicted octanol–water partition coefficient (Wildman–Crippen LogP) is 3.33. The van der Waals surface area contributed by atoms with Gasteiger partial charge in [-0.05, 0) is 36.1 Å². The number of rotatable bonds is 7. The van der Waals surface area contributed by atoms with Crippen LogP contribution >= 0.6 is 12.6 Å². The van der Waals surface area contributed by atoms with Crippen LogP contribution in [0.3, 0.4) is 0 Å². The van der Waals surface area contributed by atoms with E-state index in [-0.39, 0.29) is 5.91 Å². The summed E-state index contributed by atoms with van der Waals surface area (Å²) in [5.74, 6) is 0.794. The van der Waals surface area contributed by atoms with Crippen LogP contribution in [-0.4, -0.2) is 33.4 Å². The molecule has 120 valence electrons. The molecule has 0 unspecified atom stereocenters. The Kier molecular flexibility index (Phi) is 5.12. The van der Waals surface area contributed by atoms with Crippen molar-refractivity contribution in [3.8, 4) is 0 Å². The third kappa shape index (κ3) is 3.47. The minimum atomic E-state index is -0.131. The van der Waals surface area contributed by atoms with E-state index in [1.165, 1.54) is 0 Å². The van der Waals surface area contributed by atoms with Gasteiger partial charge in [0.2, 0.25) is 0 Å². The number of unbranched alkanes of at least 4 members (excludes halogenated alkanes) is 3. The normalized spacial score (nSPS) is 11.2. The van der Waals surface area contributed by atoms with Crippen molar-refractivity contribution in [3.05, 3.63) is 36.3 Å². The third-order valence-electron chi connectivity index (χ3n) is 3.94. The fourth-order valence-corrected chi connectivity index (χ4v) is 2.92. The molecule has 5 nitrogen and oxygen atoms in total. The molecule has 3 rings (SSSR count). The van der Waals surface area contributed by atoms with Crippen LogP contribution in [-0.2, 0) is 0 Å². The van der Waals surface area contributed by atoms with Crippen LogP contribution in [0.5, 0.6) is 0 Å². The Hall–Kier alpha value is -2.08. The quantitative estimate of drug-likeness (QED) is 0.460. The summed E-state index contributed by atoms with van der Waals surface area (Å²) < 4.78 is 0. The van der Waals surface area contributed by atoms with Crippen molar-refractivity contribution in [3.63, 3.8) is 0 Å². The highest BCUT2D eigenvalue weighted by Gasteiger charge is 2.15. The first-order valence-electron chi connectivity index (χ1n) is 7.91. The van der Waals surface area contributed by atoms with Crippen molar-refractivity contribution in [1.82, 2.24) is 20.5 Å². The zero-order valence-electron chi connectivity index (χ0n) is 12.9. The molecule has 0 fully saturated rings. The fourth-order valence-electron chi connectivity index (χ4n) is 2.70. The number of nitrogens with zero attached hydrogens (tertiary/aromatic N) is 2. The van der Waals surface area contributed by atoms with Gasteiger partial charge in [0.25, 0.3) is 5.91 Å². The number of carbonyl (C=O) groups excluding carboxylic acids is 1. The summed E-state index contributed by atoms with van der Waals surface area (Å²) in [7, 11) is 0. The summed E-state index contributed by atoms with van der Waals surface area (Å²) in [6.45, 7) is 0.675. The van der Waals surface area contributed by atoms with Crippen molar-refractivity contribution in [1.29, 1.82) is 0 Å². The molecule has 0 aliphatic heterocycles. The van der Waals surface area contributed by atoms with Gasteiger partial charge in [0.05, 0.1) is 5.52 Å². The lowest BCUT2D eigenvalue weighted by Crippen LogP contribution is -2.25. The molecular formula is C17H20N4OS. The van der Waals surface area contributed by atoms with Crippen LogP contribution in [0.4, 0.5) is 0 Å². The van der Waals surface area contributed by atoms with E-state index in [0.717, 1.165) is 53.1 Å². The van der Waals surface area contributed by atoms with Crippen molar-refractivity contribution in [2.75, 3.05) is 12.3 Å². The van der Waals surface area contributed by atoms with Gasteiger partial charge in [-0.1, -0.05) is 18.9 Å². The molecule has 0 bridgehead atoms. The number of H-pyrrole nitrogens is 1. The molecule has 0 aliphatic rings. The number of carbonyl (C=O) groups is 1. The summed E-state index contributed by atoms with van der Waals surface area (Å²) in [6.07, 6.45) is 7.92. The highest BCUT2D eigenvalue weighted by molar-refractivity contribution is 7.80. The van der Waals surface area contributed by atoms with E-state index in [0.29, 0.717) is 12.2 Å². The number of thiol groups is 1. The van der Waals surface area contributed by atoms with E-state index >= 15 is 0 Å². The molecule has 23 heavy (non-hydrogen) atoms. The second-order valence-electron chi connectivity index (χ2n) is 5.55. The Morgan fingerprint density at radius 2 is 2.00 bits per heavy atom. The maximum Gasteiger partial charge on any atom is 0.272 e. The monoisotopic (exact) mass is 328 g/mol. The van der Waals surface area contributed by atoms with Gasteiger partial charge in [0.1, 0.15) is 0 Å². The molecule has 0 spiro atoms. The summed E-state index contributed by atoms with van der Waals surface area (Å²) in [5.41, 5.74) is 1.30. The number of hydrogen-bond acceptors (Lipinski definition) is 4. The molecule has 1 amide bonds. The fraction of sp³-hybridized carbons (Fsp3) is 0.353. The second kappa shape index (κ2) is 7.46. The molecule has 1 aromatic carbocycles. The number of benzene rings is 1. The number of aromatic nitrogens is 3. The van der Waals surface area contributed by atoms with E-state index in [1.54, 1.807) is 12.4 Å². The minimum absolute atomic E-state index is 0.131. The van der Waals surface area contributed by atoms with Gasteiger partial charge >= 0.3 is 0 Å². The summed E-state index contributed by atoms with van der Waals surface area (Å²) in [5, 5.41) is 13.0. The van der Waals surface area contributed by atoms with Crippen LogP contribution in [0.15, 0.2) is 30.6 Å². The van der Waals surface area contributed by atoms with E-state index in [2.05, 4.69) is 33.1 Å². The van der Waals surface area contributed by atoms with Crippen molar-refractivity contribution in [2.24, 2.45) is 0 Å². The zero-order chi connectivity index (χ0) is 16.1. The summed E-state index contributed by atoms with van der Waals surface area (Å²) in [4.78, 5) is 16.5. The van der Waals surface area contributed by atoms with Crippen molar-refractivity contribution < 1.29 is 4.79 Å². The van der Waals surface area contributed by atoms with E-state index in [1.807, 2.05) is 18.2 Å². The highest BCUT2D eigenvalue weighted by Crippen LogP contribution is 2.24. The number of hydrogen-bond donors (Lipinski definition) is 3. The van der Waals surface area contributed by atoms with E-state index in [4.69, 9.17) is 0 Å². The molecule has 3 aromatic rings. The molecule has 2 N–H and O–H groups in total. The molecule has 6 heteroatoms. The molecular weight excluding hydrogens is 308 g/mol. The Morgan fingerprint density at radius 1 is 1.13 bits per heavy atom. The van der Waals surface area contributed by atoms with Gasteiger partial charge in [0.15, 0.2) is 5.69 Å². The van der Waals surface area contributed by atoms with E-state index < -0.39 is 0 Å². The molecule has 2 heterocycles. The van der Waals surface area contributed by atoms with E-state index in [9.17, 15) is 4.79 Å². The van der Waals surface area contributed by atoms with Gasteiger partial charge in [-0.15, -0.1) is 0 Å². The maximum atomic E-state index is 12.3. The summed E-state index contributed by atoms with van der Waals surface area (Å²) in [6, 6.07) is 5.87. The average molecular weight is 328 g/mol. The van der Waals surface area contributed by atoms with Crippen molar-refractivity contribution in [2.45, 2.75) is 25.7 Å². The number of pyridine rings is 1.